The second kappa shape index (κ2) is 8.48. The molecule has 0 spiro atoms. The first-order valence-corrected chi connectivity index (χ1v) is 12.6. The number of hydrogen-bond acceptors (Lipinski definition) is 8. The number of nitrogens with one attached hydrogen (secondary N) is 1. The van der Waals surface area contributed by atoms with Gasteiger partial charge in [0.2, 0.25) is 0 Å². The summed E-state index contributed by atoms with van der Waals surface area (Å²) < 4.78 is 6.45. The van der Waals surface area contributed by atoms with Crippen LogP contribution in [0.5, 0.6) is 0 Å². The van der Waals surface area contributed by atoms with Gasteiger partial charge >= 0.3 is 12.1 Å². The van der Waals surface area contributed by atoms with Gasteiger partial charge in [-0.1, -0.05) is 6.07 Å². The molecule has 0 unspecified atom stereocenters. The molecule has 3 amide bonds. The summed E-state index contributed by atoms with van der Waals surface area (Å²) in [6.45, 7) is 8.22. The fourth-order valence-electron chi connectivity index (χ4n) is 3.73. The zero-order valence-corrected chi connectivity index (χ0v) is 20.9. The van der Waals surface area contributed by atoms with E-state index in [1.54, 1.807) is 37.0 Å². The Morgan fingerprint density at radius 1 is 1.21 bits per heavy atom. The minimum absolute atomic E-state index is 0.248. The predicted molar refractivity (Wildman–Crippen MR) is 132 cm³/mol. The second-order valence-electron chi connectivity index (χ2n) is 9.07. The number of H-pyrrole nitrogens is 1. The average molecular weight is 497 g/mol. The minimum atomic E-state index is -0.666. The molecule has 176 valence electrons. The third kappa shape index (κ3) is 4.40. The Morgan fingerprint density at radius 2 is 2.03 bits per heavy atom. The van der Waals surface area contributed by atoms with Crippen LogP contribution in [0.4, 0.5) is 9.59 Å². The number of ether oxygens (including phenoxy) is 1. The van der Waals surface area contributed by atoms with Crippen LogP contribution in [0.3, 0.4) is 0 Å². The molecule has 1 aromatic carbocycles. The van der Waals surface area contributed by atoms with Gasteiger partial charge in [0, 0.05) is 23.2 Å². The van der Waals surface area contributed by atoms with Crippen molar-refractivity contribution in [2.24, 2.45) is 0 Å². The van der Waals surface area contributed by atoms with Crippen molar-refractivity contribution in [3.63, 3.8) is 0 Å². The highest BCUT2D eigenvalue weighted by Gasteiger charge is 2.36. The van der Waals surface area contributed by atoms with Gasteiger partial charge in [-0.3, -0.25) is 0 Å². The van der Waals surface area contributed by atoms with Gasteiger partial charge in [-0.05, 0) is 39.8 Å². The summed E-state index contributed by atoms with van der Waals surface area (Å²) in [6, 6.07) is 5.69. The fraction of sp³-hybridized carbons (Fsp3) is 0.348. The molecule has 1 saturated heterocycles. The van der Waals surface area contributed by atoms with Gasteiger partial charge in [0.25, 0.3) is 0 Å². The molecule has 1 aliphatic rings. The number of fused-ring (bicyclic) bond motifs is 1. The van der Waals surface area contributed by atoms with E-state index in [9.17, 15) is 9.59 Å². The van der Waals surface area contributed by atoms with Crippen LogP contribution in [0.1, 0.15) is 32.3 Å². The van der Waals surface area contributed by atoms with E-state index in [1.165, 1.54) is 11.3 Å². The number of imidazole rings is 1. The Kier molecular flexibility index (Phi) is 5.61. The van der Waals surface area contributed by atoms with Gasteiger partial charge in [-0.25, -0.2) is 29.4 Å². The summed E-state index contributed by atoms with van der Waals surface area (Å²) in [5.74, 6) is 0.627. The first-order valence-electron chi connectivity index (χ1n) is 10.8. The zero-order valence-electron chi connectivity index (χ0n) is 19.3. The molecule has 0 saturated carbocycles. The Hall–Kier alpha value is -3.31. The summed E-state index contributed by atoms with van der Waals surface area (Å²) in [5, 5.41) is 2.80. The Labute approximate surface area is 204 Å². The maximum atomic E-state index is 12.9. The first-order chi connectivity index (χ1) is 16.2. The third-order valence-corrected chi connectivity index (χ3v) is 7.00. The molecular weight excluding hydrogens is 472 g/mol. The van der Waals surface area contributed by atoms with Crippen molar-refractivity contribution in [1.82, 2.24) is 29.7 Å². The summed E-state index contributed by atoms with van der Waals surface area (Å²) in [5.41, 5.74) is 5.60. The average Bonchev–Trinajstić information content (AvgIpc) is 3.54. The summed E-state index contributed by atoms with van der Waals surface area (Å²) in [7, 11) is 0. The Morgan fingerprint density at radius 3 is 2.76 bits per heavy atom. The van der Waals surface area contributed by atoms with Crippen molar-refractivity contribution < 1.29 is 14.3 Å². The van der Waals surface area contributed by atoms with E-state index in [1.807, 2.05) is 29.9 Å². The van der Waals surface area contributed by atoms with Gasteiger partial charge in [0.15, 0.2) is 0 Å². The third-order valence-electron chi connectivity index (χ3n) is 5.24. The van der Waals surface area contributed by atoms with Crippen LogP contribution < -0.4 is 0 Å². The van der Waals surface area contributed by atoms with E-state index >= 15 is 0 Å². The molecule has 1 aliphatic heterocycles. The molecule has 4 aromatic rings. The van der Waals surface area contributed by atoms with E-state index in [-0.39, 0.29) is 19.1 Å². The number of aryl methyl sites for hydroxylation is 1. The van der Waals surface area contributed by atoms with Crippen LogP contribution in [0.25, 0.3) is 32.2 Å². The zero-order chi connectivity index (χ0) is 24.0. The standard InChI is InChI=1S/C23H24N6O3S2/c1-13-11-33-20(25-13)19-18(14-5-6-15-16(9-14)34-12-24-15)26-17(27-19)10-28-7-8-29(21(28)30)22(31)32-23(2,3)4/h5-6,9,11-12H,7-8,10H2,1-4H3,(H,26,27). The molecule has 4 heterocycles. The largest absolute Gasteiger partial charge is 0.443 e. The lowest BCUT2D eigenvalue weighted by Crippen LogP contribution is -2.39. The molecule has 0 bridgehead atoms. The molecule has 3 aromatic heterocycles. The fourth-order valence-corrected chi connectivity index (χ4v) is 5.24. The molecule has 1 N–H and O–H groups in total. The lowest BCUT2D eigenvalue weighted by atomic mass is 10.1. The van der Waals surface area contributed by atoms with Crippen LogP contribution in [-0.2, 0) is 11.3 Å². The number of rotatable bonds is 4. The van der Waals surface area contributed by atoms with Crippen molar-refractivity contribution in [2.45, 2.75) is 39.8 Å². The van der Waals surface area contributed by atoms with Crippen molar-refractivity contribution in [3.8, 4) is 22.0 Å². The van der Waals surface area contributed by atoms with Gasteiger partial charge < -0.3 is 14.6 Å². The maximum absolute atomic E-state index is 12.9. The van der Waals surface area contributed by atoms with Gasteiger partial charge in [-0.2, -0.15) is 0 Å². The topological polar surface area (TPSA) is 104 Å². The van der Waals surface area contributed by atoms with Crippen LogP contribution in [-0.4, -0.2) is 60.6 Å². The quantitative estimate of drug-likeness (QED) is 0.412. The van der Waals surface area contributed by atoms with Gasteiger partial charge in [-0.15, -0.1) is 22.7 Å². The summed E-state index contributed by atoms with van der Waals surface area (Å²) in [6.07, 6.45) is -0.628. The normalized spacial score (nSPS) is 14.4. The monoisotopic (exact) mass is 496 g/mol. The number of carbonyl (C=O) groups excluding carboxylic acids is 2. The molecule has 1 fully saturated rings. The van der Waals surface area contributed by atoms with Gasteiger partial charge in [0.05, 0.1) is 34.5 Å². The van der Waals surface area contributed by atoms with Crippen LogP contribution in [0, 0.1) is 6.92 Å². The molecule has 0 aliphatic carbocycles. The van der Waals surface area contributed by atoms with E-state index in [4.69, 9.17) is 9.72 Å². The molecule has 0 atom stereocenters. The van der Waals surface area contributed by atoms with E-state index in [0.29, 0.717) is 12.4 Å². The smallest absolute Gasteiger partial charge is 0.418 e. The van der Waals surface area contributed by atoms with Crippen molar-refractivity contribution in [2.75, 3.05) is 13.1 Å². The number of imide groups is 1. The number of urea groups is 1. The number of thiazole rings is 2. The molecular formula is C23H24N6O3S2. The Balaban J connectivity index is 1.44. The highest BCUT2D eigenvalue weighted by Crippen LogP contribution is 2.34. The molecule has 5 rings (SSSR count). The minimum Gasteiger partial charge on any atom is -0.443 e. The molecule has 0 radical (unpaired) electrons. The maximum Gasteiger partial charge on any atom is 0.418 e. The van der Waals surface area contributed by atoms with Crippen molar-refractivity contribution in [1.29, 1.82) is 0 Å². The number of benzene rings is 1. The molecule has 11 heteroatoms. The Bertz CT molecular complexity index is 1380. The molecule has 34 heavy (non-hydrogen) atoms. The lowest BCUT2D eigenvalue weighted by Gasteiger charge is -2.23. The number of aromatic nitrogens is 4. The number of amides is 3. The first kappa shape index (κ1) is 22.5. The molecule has 9 nitrogen and oxygen atoms in total. The number of nitrogens with zero attached hydrogens (tertiary/aromatic N) is 5. The van der Waals surface area contributed by atoms with E-state index < -0.39 is 11.7 Å². The second-order valence-corrected chi connectivity index (χ2v) is 10.8. The van der Waals surface area contributed by atoms with Crippen molar-refractivity contribution >= 4 is 45.0 Å². The number of hydrogen-bond donors (Lipinski definition) is 1. The van der Waals surface area contributed by atoms with E-state index in [2.05, 4.69) is 21.0 Å². The van der Waals surface area contributed by atoms with E-state index in [0.717, 1.165) is 42.8 Å². The van der Waals surface area contributed by atoms with Crippen LogP contribution in [0.2, 0.25) is 0 Å². The lowest BCUT2D eigenvalue weighted by molar-refractivity contribution is 0.0347. The van der Waals surface area contributed by atoms with Gasteiger partial charge in [0.1, 0.15) is 22.1 Å². The van der Waals surface area contributed by atoms with Crippen molar-refractivity contribution in [3.05, 3.63) is 40.6 Å². The highest BCUT2D eigenvalue weighted by molar-refractivity contribution is 7.16. The van der Waals surface area contributed by atoms with Crippen LogP contribution >= 0.6 is 22.7 Å². The summed E-state index contributed by atoms with van der Waals surface area (Å²) >= 11 is 3.11. The number of aromatic amines is 1. The highest BCUT2D eigenvalue weighted by atomic mass is 32.1. The summed E-state index contributed by atoms with van der Waals surface area (Å²) in [4.78, 5) is 45.2. The SMILES string of the molecule is Cc1csc(-c2nc(CN3CCN(C(=O)OC(C)(C)C)C3=O)[nH]c2-c2ccc3ncsc3c2)n1. The predicted octanol–water partition coefficient (Wildman–Crippen LogP) is 5.29. The number of carbonyl (C=O) groups is 2. The van der Waals surface area contributed by atoms with Crippen LogP contribution in [0.15, 0.2) is 29.1 Å².